The molecule has 1 aliphatic heterocycles. The Morgan fingerprint density at radius 1 is 1.13 bits per heavy atom. The monoisotopic (exact) mass is 567 g/mol. The number of imidazole rings is 1. The van der Waals surface area contributed by atoms with E-state index in [9.17, 15) is 14.4 Å². The lowest BCUT2D eigenvalue weighted by molar-refractivity contribution is -0.122. The number of hydrogen-bond acceptors (Lipinski definition) is 8. The Morgan fingerprint density at radius 2 is 1.90 bits per heavy atom. The van der Waals surface area contributed by atoms with Crippen LogP contribution in [-0.4, -0.2) is 61.0 Å². The Hall–Kier alpha value is -3.44. The minimum Gasteiger partial charge on any atom is -0.465 e. The number of hydrogen-bond donors (Lipinski definition) is 0. The molecule has 0 atom stereocenters. The number of unbranched alkanes of at least 4 members (excludes halogenated alkanes) is 1. The van der Waals surface area contributed by atoms with Crippen LogP contribution in [0.1, 0.15) is 64.8 Å². The van der Waals surface area contributed by atoms with Crippen molar-refractivity contribution < 1.29 is 19.1 Å². The van der Waals surface area contributed by atoms with Crippen LogP contribution in [0, 0.1) is 6.92 Å². The van der Waals surface area contributed by atoms with Crippen molar-refractivity contribution in [1.82, 2.24) is 24.3 Å². The number of aromatic nitrogens is 3. The molecule has 1 aliphatic rings. The maximum absolute atomic E-state index is 13.5. The van der Waals surface area contributed by atoms with Gasteiger partial charge in [-0.15, -0.1) is 23.1 Å². The van der Waals surface area contributed by atoms with Gasteiger partial charge >= 0.3 is 12.0 Å². The van der Waals surface area contributed by atoms with E-state index < -0.39 is 0 Å². The van der Waals surface area contributed by atoms with E-state index in [2.05, 4.69) is 21.5 Å². The number of amides is 3. The molecule has 11 heteroatoms. The molecule has 9 nitrogen and oxygen atoms in total. The van der Waals surface area contributed by atoms with Crippen LogP contribution < -0.4 is 0 Å². The van der Waals surface area contributed by atoms with Crippen LogP contribution >= 0.6 is 23.1 Å². The van der Waals surface area contributed by atoms with Gasteiger partial charge in [-0.2, -0.15) is 0 Å². The number of rotatable bonds is 12. The van der Waals surface area contributed by atoms with Gasteiger partial charge in [0.15, 0.2) is 0 Å². The maximum atomic E-state index is 13.5. The standard InChI is InChI=1S/C28H33N5O4S2/c1-5-7-8-25-29-14-23(31(25)15-20-9-11-21(12-10-20)27(35)37-4)13-24-26(34)33(18-38-6-2)28(36)32(24)16-22-17-39-19(3)30-22/h9-14,17H,5-8,15-16,18H2,1-4H3/b24-13-. The number of benzene rings is 1. The second kappa shape index (κ2) is 13.1. The first-order chi connectivity index (χ1) is 18.9. The molecule has 0 saturated carbocycles. The van der Waals surface area contributed by atoms with Crippen LogP contribution in [0.3, 0.4) is 0 Å². The zero-order chi connectivity index (χ0) is 27.9. The highest BCUT2D eigenvalue weighted by atomic mass is 32.2. The van der Waals surface area contributed by atoms with Crippen molar-refractivity contribution in [2.24, 2.45) is 0 Å². The first-order valence-corrected chi connectivity index (χ1v) is 14.9. The molecule has 206 valence electrons. The Balaban J connectivity index is 1.71. The highest BCUT2D eigenvalue weighted by molar-refractivity contribution is 7.99. The number of esters is 1. The summed E-state index contributed by atoms with van der Waals surface area (Å²) < 4.78 is 6.88. The third kappa shape index (κ3) is 6.59. The molecule has 1 saturated heterocycles. The van der Waals surface area contributed by atoms with Gasteiger partial charge in [0.25, 0.3) is 5.91 Å². The Bertz CT molecular complexity index is 1360. The second-order valence-electron chi connectivity index (χ2n) is 9.09. The number of carbonyl (C=O) groups is 3. The summed E-state index contributed by atoms with van der Waals surface area (Å²) in [6, 6.07) is 6.91. The van der Waals surface area contributed by atoms with Crippen molar-refractivity contribution >= 4 is 47.1 Å². The predicted octanol–water partition coefficient (Wildman–Crippen LogP) is 5.34. The number of thiazole rings is 1. The fourth-order valence-electron chi connectivity index (χ4n) is 4.27. The van der Waals surface area contributed by atoms with Gasteiger partial charge in [-0.05, 0) is 42.9 Å². The molecule has 0 aliphatic carbocycles. The highest BCUT2D eigenvalue weighted by Crippen LogP contribution is 2.28. The quantitative estimate of drug-likeness (QED) is 0.166. The first-order valence-electron chi connectivity index (χ1n) is 12.9. The lowest BCUT2D eigenvalue weighted by atomic mass is 10.1. The van der Waals surface area contributed by atoms with E-state index in [4.69, 9.17) is 4.74 Å². The first kappa shape index (κ1) is 28.6. The number of urea groups is 1. The van der Waals surface area contributed by atoms with Crippen molar-refractivity contribution in [3.8, 4) is 0 Å². The van der Waals surface area contributed by atoms with Crippen molar-refractivity contribution in [2.45, 2.75) is 53.1 Å². The van der Waals surface area contributed by atoms with Crippen LogP contribution in [0.15, 0.2) is 41.5 Å². The van der Waals surface area contributed by atoms with E-state index in [0.29, 0.717) is 23.7 Å². The number of aryl methyl sites for hydroxylation is 2. The maximum Gasteiger partial charge on any atom is 0.337 e. The number of thioether (sulfide) groups is 1. The zero-order valence-electron chi connectivity index (χ0n) is 22.7. The van der Waals surface area contributed by atoms with E-state index in [1.807, 2.05) is 31.4 Å². The third-order valence-electron chi connectivity index (χ3n) is 6.35. The lowest BCUT2D eigenvalue weighted by Gasteiger charge is -2.16. The van der Waals surface area contributed by atoms with Crippen molar-refractivity contribution in [1.29, 1.82) is 0 Å². The summed E-state index contributed by atoms with van der Waals surface area (Å²) in [5.41, 5.74) is 3.25. The minimum absolute atomic E-state index is 0.222. The molecule has 39 heavy (non-hydrogen) atoms. The molecule has 3 heterocycles. The molecule has 0 spiro atoms. The topological polar surface area (TPSA) is 97.6 Å². The summed E-state index contributed by atoms with van der Waals surface area (Å²) in [6.07, 6.45) is 6.31. The number of ether oxygens (including phenoxy) is 1. The van der Waals surface area contributed by atoms with Crippen LogP contribution in [0.2, 0.25) is 0 Å². The van der Waals surface area contributed by atoms with E-state index >= 15 is 0 Å². The van der Waals surface area contributed by atoms with Gasteiger partial charge in [0.2, 0.25) is 0 Å². The third-order valence-corrected chi connectivity index (χ3v) is 8.02. The minimum atomic E-state index is -0.385. The smallest absolute Gasteiger partial charge is 0.337 e. The largest absolute Gasteiger partial charge is 0.465 e. The molecule has 4 rings (SSSR count). The summed E-state index contributed by atoms with van der Waals surface area (Å²) in [5.74, 6) is 1.29. The molecule has 0 bridgehead atoms. The Labute approximate surface area is 236 Å². The molecular formula is C28H33N5O4S2. The normalized spacial score (nSPS) is 14.6. The van der Waals surface area contributed by atoms with Gasteiger partial charge in [0.1, 0.15) is 11.5 Å². The molecule has 1 fully saturated rings. The van der Waals surface area contributed by atoms with Crippen molar-refractivity contribution in [3.05, 3.63) is 74.9 Å². The Morgan fingerprint density at radius 3 is 2.54 bits per heavy atom. The molecule has 0 radical (unpaired) electrons. The van der Waals surface area contributed by atoms with Gasteiger partial charge in [0.05, 0.1) is 47.7 Å². The molecule has 2 aromatic heterocycles. The van der Waals surface area contributed by atoms with Crippen molar-refractivity contribution in [2.75, 3.05) is 18.7 Å². The summed E-state index contributed by atoms with van der Waals surface area (Å²) >= 11 is 3.04. The van der Waals surface area contributed by atoms with Crippen LogP contribution in [0.5, 0.6) is 0 Å². The number of carbonyl (C=O) groups excluding carboxylic acids is 3. The summed E-state index contributed by atoms with van der Waals surface area (Å²) in [5, 5.41) is 2.82. The van der Waals surface area contributed by atoms with Crippen LogP contribution in [-0.2, 0) is 29.0 Å². The van der Waals surface area contributed by atoms with E-state index in [-0.39, 0.29) is 24.5 Å². The predicted molar refractivity (Wildman–Crippen MR) is 153 cm³/mol. The number of methoxy groups -OCH3 is 1. The van der Waals surface area contributed by atoms with Crippen LogP contribution in [0.4, 0.5) is 4.79 Å². The molecule has 1 aromatic carbocycles. The van der Waals surface area contributed by atoms with E-state index in [1.165, 1.54) is 40.0 Å². The zero-order valence-corrected chi connectivity index (χ0v) is 24.3. The van der Waals surface area contributed by atoms with Gasteiger partial charge < -0.3 is 9.30 Å². The lowest BCUT2D eigenvalue weighted by Crippen LogP contribution is -2.32. The number of nitrogens with zero attached hydrogens (tertiary/aromatic N) is 5. The number of imide groups is 1. The fraction of sp³-hybridized carbons (Fsp3) is 0.393. The summed E-state index contributed by atoms with van der Waals surface area (Å²) in [7, 11) is 1.36. The molecular weight excluding hydrogens is 534 g/mol. The average molecular weight is 568 g/mol. The van der Waals surface area contributed by atoms with Gasteiger partial charge in [0, 0.05) is 18.3 Å². The average Bonchev–Trinajstić information content (AvgIpc) is 3.59. The van der Waals surface area contributed by atoms with Gasteiger partial charge in [-0.25, -0.2) is 24.5 Å². The fourth-order valence-corrected chi connectivity index (χ4v) is 5.47. The molecule has 3 amide bonds. The summed E-state index contributed by atoms with van der Waals surface area (Å²) in [6.45, 7) is 6.77. The van der Waals surface area contributed by atoms with E-state index in [0.717, 1.165) is 52.8 Å². The Kier molecular flexibility index (Phi) is 9.58. The van der Waals surface area contributed by atoms with Crippen LogP contribution in [0.25, 0.3) is 6.08 Å². The highest BCUT2D eigenvalue weighted by Gasteiger charge is 2.41. The summed E-state index contributed by atoms with van der Waals surface area (Å²) in [4.78, 5) is 50.7. The van der Waals surface area contributed by atoms with Crippen molar-refractivity contribution in [3.63, 3.8) is 0 Å². The second-order valence-corrected chi connectivity index (χ2v) is 11.4. The molecule has 3 aromatic rings. The van der Waals surface area contributed by atoms with Gasteiger partial charge in [-0.3, -0.25) is 9.69 Å². The molecule has 0 N–H and O–H groups in total. The van der Waals surface area contributed by atoms with E-state index in [1.54, 1.807) is 24.4 Å². The molecule has 0 unspecified atom stereocenters. The SMILES string of the molecule is CCCCc1ncc(/C=C2/C(=O)N(CSCC)C(=O)N2Cc2csc(C)n2)n1Cc1ccc(C(=O)OC)cc1. The van der Waals surface area contributed by atoms with Gasteiger partial charge in [-0.1, -0.05) is 32.4 Å².